The van der Waals surface area contributed by atoms with Crippen LogP contribution in [0.3, 0.4) is 0 Å². The molecule has 2 aromatic rings. The first kappa shape index (κ1) is 15.1. The molecule has 22 heavy (non-hydrogen) atoms. The summed E-state index contributed by atoms with van der Waals surface area (Å²) in [6, 6.07) is 1.66. The lowest BCUT2D eigenvalue weighted by Gasteiger charge is -2.19. The number of thiazole rings is 1. The van der Waals surface area contributed by atoms with E-state index in [1.807, 2.05) is 0 Å². The van der Waals surface area contributed by atoms with Crippen LogP contribution in [0.25, 0.3) is 0 Å². The molecule has 0 aliphatic heterocycles. The van der Waals surface area contributed by atoms with Gasteiger partial charge in [-0.25, -0.2) is 4.98 Å². The maximum absolute atomic E-state index is 11.9. The Morgan fingerprint density at radius 3 is 2.91 bits per heavy atom. The molecule has 1 saturated carbocycles. The molecule has 2 heterocycles. The number of hydrogen-bond donors (Lipinski definition) is 1. The minimum atomic E-state index is -0.112. The average Bonchev–Trinajstić information content (AvgIpc) is 3.05. The molecule has 1 amide bonds. The van der Waals surface area contributed by atoms with Gasteiger partial charge in [0.25, 0.3) is 5.91 Å². The van der Waals surface area contributed by atoms with Crippen molar-refractivity contribution in [2.24, 2.45) is 0 Å². The third-order valence-corrected chi connectivity index (χ3v) is 4.99. The largest absolute Gasteiger partial charge is 0.352 e. The zero-order chi connectivity index (χ0) is 15.2. The number of nitrogens with one attached hydrogen (secondary N) is 1. The predicted molar refractivity (Wildman–Crippen MR) is 86.0 cm³/mol. The van der Waals surface area contributed by atoms with E-state index in [-0.39, 0.29) is 5.91 Å². The summed E-state index contributed by atoms with van der Waals surface area (Å²) in [5, 5.41) is 13.6. The minimum Gasteiger partial charge on any atom is -0.352 e. The van der Waals surface area contributed by atoms with Gasteiger partial charge in [0, 0.05) is 24.3 Å². The van der Waals surface area contributed by atoms with Gasteiger partial charge in [-0.05, 0) is 18.9 Å². The molecule has 6 heteroatoms. The molecule has 1 N–H and O–H groups in total. The Balaban J connectivity index is 1.48. The van der Waals surface area contributed by atoms with Crippen molar-refractivity contribution in [2.75, 3.05) is 6.54 Å². The second kappa shape index (κ2) is 7.45. The van der Waals surface area contributed by atoms with Gasteiger partial charge in [-0.3, -0.25) is 4.79 Å². The molecule has 1 aliphatic rings. The first-order valence-corrected chi connectivity index (χ1v) is 8.70. The van der Waals surface area contributed by atoms with Gasteiger partial charge in [-0.2, -0.15) is 10.2 Å². The van der Waals surface area contributed by atoms with E-state index in [0.717, 1.165) is 11.4 Å². The summed E-state index contributed by atoms with van der Waals surface area (Å²) in [4.78, 5) is 16.6. The van der Waals surface area contributed by atoms with Gasteiger partial charge in [0.05, 0.1) is 28.7 Å². The van der Waals surface area contributed by atoms with Crippen LogP contribution in [0.15, 0.2) is 23.8 Å². The van der Waals surface area contributed by atoms with Gasteiger partial charge in [0.1, 0.15) is 0 Å². The number of amides is 1. The molecule has 0 bridgehead atoms. The molecule has 1 fully saturated rings. The Hall–Kier alpha value is -1.82. The zero-order valence-electron chi connectivity index (χ0n) is 12.5. The van der Waals surface area contributed by atoms with Gasteiger partial charge in [0.2, 0.25) is 0 Å². The Bertz CT molecular complexity index is 608. The van der Waals surface area contributed by atoms with Crippen molar-refractivity contribution in [3.8, 4) is 0 Å². The normalized spacial score (nSPS) is 15.6. The molecule has 0 atom stereocenters. The highest BCUT2D eigenvalue weighted by Crippen LogP contribution is 2.33. The Morgan fingerprint density at radius 2 is 2.14 bits per heavy atom. The van der Waals surface area contributed by atoms with Crippen molar-refractivity contribution in [3.05, 3.63) is 40.1 Å². The Labute approximate surface area is 134 Å². The monoisotopic (exact) mass is 316 g/mol. The standard InChI is InChI=1S/C16H20N4OS/c21-16(13-6-9-18-19-10-13)17-8-7-15-20-14(11-22-15)12-4-2-1-3-5-12/h6,9-12H,1-5,7-8H2,(H,17,21). The smallest absolute Gasteiger partial charge is 0.252 e. The first-order valence-electron chi connectivity index (χ1n) is 7.82. The van der Waals surface area contributed by atoms with Gasteiger partial charge in [-0.1, -0.05) is 19.3 Å². The molecule has 0 saturated heterocycles. The lowest BCUT2D eigenvalue weighted by molar-refractivity contribution is 0.0953. The second-order valence-corrected chi connectivity index (χ2v) is 6.58. The minimum absolute atomic E-state index is 0.112. The lowest BCUT2D eigenvalue weighted by Crippen LogP contribution is -2.25. The summed E-state index contributed by atoms with van der Waals surface area (Å²) in [6.07, 6.45) is 10.3. The van der Waals surface area contributed by atoms with Crippen molar-refractivity contribution in [3.63, 3.8) is 0 Å². The molecule has 116 valence electrons. The fraction of sp³-hybridized carbons (Fsp3) is 0.500. The van der Waals surface area contributed by atoms with Gasteiger partial charge in [-0.15, -0.1) is 11.3 Å². The molecule has 1 aliphatic carbocycles. The number of rotatable bonds is 5. The van der Waals surface area contributed by atoms with Crippen LogP contribution in [0.1, 0.15) is 59.1 Å². The maximum Gasteiger partial charge on any atom is 0.252 e. The summed E-state index contributed by atoms with van der Waals surface area (Å²) in [5.41, 5.74) is 1.79. The highest BCUT2D eigenvalue weighted by molar-refractivity contribution is 7.09. The molecule has 0 radical (unpaired) electrons. The summed E-state index contributed by atoms with van der Waals surface area (Å²) >= 11 is 1.71. The fourth-order valence-electron chi connectivity index (χ4n) is 2.84. The molecule has 5 nitrogen and oxygen atoms in total. The van der Waals surface area contributed by atoms with Gasteiger partial charge < -0.3 is 5.32 Å². The van der Waals surface area contributed by atoms with Gasteiger partial charge in [0.15, 0.2) is 0 Å². The number of carbonyl (C=O) groups is 1. The van der Waals surface area contributed by atoms with E-state index in [2.05, 4.69) is 20.9 Å². The first-order chi connectivity index (χ1) is 10.8. The number of aromatic nitrogens is 3. The van der Waals surface area contributed by atoms with Crippen LogP contribution in [0, 0.1) is 0 Å². The van der Waals surface area contributed by atoms with E-state index in [9.17, 15) is 4.79 Å². The summed E-state index contributed by atoms with van der Waals surface area (Å²) in [5.74, 6) is 0.537. The van der Waals surface area contributed by atoms with Crippen LogP contribution in [-0.2, 0) is 6.42 Å². The Morgan fingerprint density at radius 1 is 1.27 bits per heavy atom. The van der Waals surface area contributed by atoms with Crippen molar-refractivity contribution < 1.29 is 4.79 Å². The quantitative estimate of drug-likeness (QED) is 0.921. The zero-order valence-corrected chi connectivity index (χ0v) is 13.3. The summed E-state index contributed by atoms with van der Waals surface area (Å²) in [6.45, 7) is 0.596. The molecule has 2 aromatic heterocycles. The van der Waals surface area contributed by atoms with Gasteiger partial charge >= 0.3 is 0 Å². The molecular weight excluding hydrogens is 296 g/mol. The van der Waals surface area contributed by atoms with Crippen LogP contribution >= 0.6 is 11.3 Å². The lowest BCUT2D eigenvalue weighted by atomic mass is 9.87. The predicted octanol–water partition coefficient (Wildman–Crippen LogP) is 2.95. The van der Waals surface area contributed by atoms with E-state index in [0.29, 0.717) is 18.0 Å². The van der Waals surface area contributed by atoms with Crippen LogP contribution in [0.4, 0.5) is 0 Å². The van der Waals surface area contributed by atoms with E-state index in [4.69, 9.17) is 4.98 Å². The molecular formula is C16H20N4OS. The molecule has 3 rings (SSSR count). The third kappa shape index (κ3) is 3.88. The molecule has 0 spiro atoms. The number of hydrogen-bond acceptors (Lipinski definition) is 5. The second-order valence-electron chi connectivity index (χ2n) is 5.64. The van der Waals surface area contributed by atoms with Crippen molar-refractivity contribution >= 4 is 17.2 Å². The highest BCUT2D eigenvalue weighted by atomic mass is 32.1. The number of carbonyl (C=O) groups excluding carboxylic acids is 1. The van der Waals surface area contributed by atoms with Crippen molar-refractivity contribution in [1.82, 2.24) is 20.5 Å². The molecule has 0 aromatic carbocycles. The van der Waals surface area contributed by atoms with Crippen LogP contribution in [-0.4, -0.2) is 27.6 Å². The van der Waals surface area contributed by atoms with Crippen LogP contribution < -0.4 is 5.32 Å². The highest BCUT2D eigenvalue weighted by Gasteiger charge is 2.18. The summed E-state index contributed by atoms with van der Waals surface area (Å²) in [7, 11) is 0. The van der Waals surface area contributed by atoms with Crippen molar-refractivity contribution in [1.29, 1.82) is 0 Å². The van der Waals surface area contributed by atoms with Crippen LogP contribution in [0.5, 0.6) is 0 Å². The SMILES string of the molecule is O=C(NCCc1nc(C2CCCCC2)cs1)c1ccnnc1. The molecule has 0 unspecified atom stereocenters. The van der Waals surface area contributed by atoms with E-state index >= 15 is 0 Å². The topological polar surface area (TPSA) is 67.8 Å². The van der Waals surface area contributed by atoms with E-state index < -0.39 is 0 Å². The Kier molecular flexibility index (Phi) is 5.11. The van der Waals surface area contributed by atoms with Crippen molar-refractivity contribution in [2.45, 2.75) is 44.4 Å². The third-order valence-electron chi connectivity index (χ3n) is 4.06. The van der Waals surface area contributed by atoms with Crippen LogP contribution in [0.2, 0.25) is 0 Å². The number of nitrogens with zero attached hydrogens (tertiary/aromatic N) is 3. The maximum atomic E-state index is 11.9. The average molecular weight is 316 g/mol. The van der Waals surface area contributed by atoms with E-state index in [1.54, 1.807) is 17.4 Å². The fourth-order valence-corrected chi connectivity index (χ4v) is 3.72. The van der Waals surface area contributed by atoms with E-state index in [1.165, 1.54) is 50.2 Å². The summed E-state index contributed by atoms with van der Waals surface area (Å²) < 4.78 is 0.